The summed E-state index contributed by atoms with van der Waals surface area (Å²) in [6, 6.07) is 66.0. The van der Waals surface area contributed by atoms with Crippen LogP contribution < -0.4 is 4.90 Å². The van der Waals surface area contributed by atoms with E-state index in [2.05, 4.69) is 191 Å². The SMILES string of the molecule is c1ccc(N(c2ccc3c(ccc4ccccc43)c2)c2ccccc2-c2cccc3c2sc2c4ccccc4n(-c4ccccc4)c32)cc1. The van der Waals surface area contributed by atoms with E-state index in [1.54, 1.807) is 0 Å². The van der Waals surface area contributed by atoms with E-state index in [1.807, 2.05) is 11.3 Å². The lowest BCUT2D eigenvalue weighted by Gasteiger charge is -2.28. The molecule has 0 saturated carbocycles. The number of fused-ring (bicyclic) bond motifs is 8. The molecule has 2 heterocycles. The van der Waals surface area contributed by atoms with Gasteiger partial charge in [-0.15, -0.1) is 11.3 Å². The van der Waals surface area contributed by atoms with Crippen LogP contribution in [0.1, 0.15) is 0 Å². The molecule has 230 valence electrons. The summed E-state index contributed by atoms with van der Waals surface area (Å²) < 4.78 is 5.06. The van der Waals surface area contributed by atoms with Crippen molar-refractivity contribution in [1.82, 2.24) is 4.57 Å². The number of hydrogen-bond acceptors (Lipinski definition) is 2. The van der Waals surface area contributed by atoms with E-state index in [-0.39, 0.29) is 0 Å². The quantitative estimate of drug-likeness (QED) is 0.170. The second kappa shape index (κ2) is 11.2. The van der Waals surface area contributed by atoms with E-state index in [9.17, 15) is 0 Å². The number of benzene rings is 8. The summed E-state index contributed by atoms with van der Waals surface area (Å²) in [4.78, 5) is 2.41. The maximum atomic E-state index is 2.44. The molecule has 10 aromatic rings. The second-order valence-electron chi connectivity index (χ2n) is 12.5. The molecule has 0 amide bonds. The van der Waals surface area contributed by atoms with E-state index in [0.717, 1.165) is 17.1 Å². The highest BCUT2D eigenvalue weighted by molar-refractivity contribution is 7.27. The van der Waals surface area contributed by atoms with Crippen molar-refractivity contribution in [3.05, 3.63) is 182 Å². The fourth-order valence-corrected chi connectivity index (χ4v) is 8.94. The van der Waals surface area contributed by atoms with Crippen molar-refractivity contribution in [2.75, 3.05) is 4.90 Å². The first-order valence-electron chi connectivity index (χ1n) is 16.7. The third-order valence-electron chi connectivity index (χ3n) is 9.75. The van der Waals surface area contributed by atoms with Crippen molar-refractivity contribution in [3.8, 4) is 16.8 Å². The molecule has 0 saturated heterocycles. The maximum absolute atomic E-state index is 2.44. The second-order valence-corrected chi connectivity index (χ2v) is 13.6. The first kappa shape index (κ1) is 27.9. The van der Waals surface area contributed by atoms with Gasteiger partial charge in [-0.2, -0.15) is 0 Å². The fourth-order valence-electron chi connectivity index (χ4n) is 7.59. The zero-order valence-corrected chi connectivity index (χ0v) is 27.4. The van der Waals surface area contributed by atoms with Crippen molar-refractivity contribution >= 4 is 81.1 Å². The van der Waals surface area contributed by atoms with Crippen LogP contribution in [-0.4, -0.2) is 4.57 Å². The van der Waals surface area contributed by atoms with Gasteiger partial charge in [0.25, 0.3) is 0 Å². The molecule has 2 nitrogen and oxygen atoms in total. The molecule has 0 N–H and O–H groups in total. The van der Waals surface area contributed by atoms with Gasteiger partial charge in [-0.05, 0) is 70.1 Å². The van der Waals surface area contributed by atoms with Crippen molar-refractivity contribution in [3.63, 3.8) is 0 Å². The van der Waals surface area contributed by atoms with Crippen LogP contribution in [0.3, 0.4) is 0 Å². The Balaban J connectivity index is 1.22. The number of aromatic nitrogens is 1. The van der Waals surface area contributed by atoms with Gasteiger partial charge in [0, 0.05) is 43.7 Å². The minimum absolute atomic E-state index is 1.13. The summed E-state index contributed by atoms with van der Waals surface area (Å²) in [5.74, 6) is 0. The number of para-hydroxylation sites is 4. The number of rotatable bonds is 5. The minimum atomic E-state index is 1.13. The lowest BCUT2D eigenvalue weighted by atomic mass is 9.99. The number of thiophene rings is 1. The Bertz CT molecular complexity index is 2830. The molecule has 0 fully saturated rings. The van der Waals surface area contributed by atoms with E-state index < -0.39 is 0 Å². The average molecular weight is 643 g/mol. The Hall–Kier alpha value is -6.16. The van der Waals surface area contributed by atoms with Crippen LogP contribution in [0.25, 0.3) is 69.6 Å². The zero-order chi connectivity index (χ0) is 32.3. The molecule has 3 heteroatoms. The minimum Gasteiger partial charge on any atom is -0.310 e. The number of nitrogens with zero attached hydrogens (tertiary/aromatic N) is 2. The molecule has 0 bridgehead atoms. The van der Waals surface area contributed by atoms with Gasteiger partial charge in [-0.3, -0.25) is 0 Å². The van der Waals surface area contributed by atoms with E-state index in [1.165, 1.54) is 69.6 Å². The predicted octanol–water partition coefficient (Wildman–Crippen LogP) is 13.4. The zero-order valence-electron chi connectivity index (χ0n) is 26.6. The Kier molecular flexibility index (Phi) is 6.39. The van der Waals surface area contributed by atoms with Gasteiger partial charge >= 0.3 is 0 Å². The largest absolute Gasteiger partial charge is 0.310 e. The summed E-state index contributed by atoms with van der Waals surface area (Å²) in [5.41, 5.74) is 9.54. The third-order valence-corrected chi connectivity index (χ3v) is 11.0. The molecule has 49 heavy (non-hydrogen) atoms. The molecular formula is C46H30N2S. The topological polar surface area (TPSA) is 8.17 Å². The lowest BCUT2D eigenvalue weighted by Crippen LogP contribution is -2.11. The van der Waals surface area contributed by atoms with Crippen molar-refractivity contribution in [1.29, 1.82) is 0 Å². The predicted molar refractivity (Wildman–Crippen MR) is 211 cm³/mol. The van der Waals surface area contributed by atoms with Crippen molar-refractivity contribution < 1.29 is 0 Å². The number of hydrogen-bond donors (Lipinski definition) is 0. The van der Waals surface area contributed by atoms with Gasteiger partial charge in [0.05, 0.1) is 21.4 Å². The summed E-state index contributed by atoms with van der Waals surface area (Å²) in [7, 11) is 0. The highest BCUT2D eigenvalue weighted by atomic mass is 32.1. The Morgan fingerprint density at radius 3 is 1.94 bits per heavy atom. The molecule has 0 aliphatic rings. The van der Waals surface area contributed by atoms with Crippen LogP contribution in [0.5, 0.6) is 0 Å². The van der Waals surface area contributed by atoms with E-state index in [4.69, 9.17) is 0 Å². The molecule has 2 aromatic heterocycles. The van der Waals surface area contributed by atoms with Gasteiger partial charge in [-0.25, -0.2) is 0 Å². The molecule has 0 spiro atoms. The molecule has 0 radical (unpaired) electrons. The van der Waals surface area contributed by atoms with Gasteiger partial charge in [0.1, 0.15) is 0 Å². The molecule has 0 unspecified atom stereocenters. The summed E-state index contributed by atoms with van der Waals surface area (Å²) in [6.45, 7) is 0. The van der Waals surface area contributed by atoms with Crippen LogP contribution in [0.2, 0.25) is 0 Å². The average Bonchev–Trinajstić information content (AvgIpc) is 3.71. The van der Waals surface area contributed by atoms with Crippen molar-refractivity contribution in [2.24, 2.45) is 0 Å². The highest BCUT2D eigenvalue weighted by Crippen LogP contribution is 2.48. The third kappa shape index (κ3) is 4.40. The normalized spacial score (nSPS) is 11.7. The van der Waals surface area contributed by atoms with Gasteiger partial charge in [0.2, 0.25) is 0 Å². The van der Waals surface area contributed by atoms with E-state index >= 15 is 0 Å². The van der Waals surface area contributed by atoms with Crippen LogP contribution in [0, 0.1) is 0 Å². The highest BCUT2D eigenvalue weighted by Gasteiger charge is 2.22. The van der Waals surface area contributed by atoms with Crippen LogP contribution in [0.4, 0.5) is 17.1 Å². The Morgan fingerprint density at radius 1 is 0.408 bits per heavy atom. The fraction of sp³-hybridized carbons (Fsp3) is 0. The Morgan fingerprint density at radius 2 is 1.06 bits per heavy atom. The monoisotopic (exact) mass is 642 g/mol. The van der Waals surface area contributed by atoms with Gasteiger partial charge < -0.3 is 9.47 Å². The smallest absolute Gasteiger partial charge is 0.0727 e. The van der Waals surface area contributed by atoms with Gasteiger partial charge in [-0.1, -0.05) is 133 Å². The Labute approximate surface area is 288 Å². The molecule has 0 aliphatic heterocycles. The first-order chi connectivity index (χ1) is 24.3. The number of anilines is 3. The molecule has 10 rings (SSSR count). The van der Waals surface area contributed by atoms with Crippen molar-refractivity contribution in [2.45, 2.75) is 0 Å². The maximum Gasteiger partial charge on any atom is 0.0727 e. The summed E-state index contributed by atoms with van der Waals surface area (Å²) in [5, 5.41) is 7.60. The molecule has 8 aromatic carbocycles. The standard InChI is InChI=1S/C46H30N2S/c1-3-15-33(16-4-1)47(35-28-29-37-32(30-35)27-26-31-14-7-8-19-36(31)37)42-24-11-9-20-38(42)39-22-13-23-41-44-46(49-45(39)41)40-21-10-12-25-43(40)48(44)34-17-5-2-6-18-34/h1-30H. The van der Waals surface area contributed by atoms with E-state index in [0.29, 0.717) is 0 Å². The summed E-state index contributed by atoms with van der Waals surface area (Å²) >= 11 is 1.90. The van der Waals surface area contributed by atoms with Crippen LogP contribution >= 0.6 is 11.3 Å². The summed E-state index contributed by atoms with van der Waals surface area (Å²) in [6.07, 6.45) is 0. The van der Waals surface area contributed by atoms with Gasteiger partial charge in [0.15, 0.2) is 0 Å². The van der Waals surface area contributed by atoms with Crippen LogP contribution in [-0.2, 0) is 0 Å². The van der Waals surface area contributed by atoms with Crippen LogP contribution in [0.15, 0.2) is 182 Å². The first-order valence-corrected chi connectivity index (χ1v) is 17.5. The molecule has 0 atom stereocenters. The lowest BCUT2D eigenvalue weighted by molar-refractivity contribution is 1.19. The molecular weight excluding hydrogens is 613 g/mol. The molecule has 0 aliphatic carbocycles.